The third-order valence-electron chi connectivity index (χ3n) is 1.98. The molecule has 0 aromatic carbocycles. The number of halogens is 3. The molecular formula is C10H10ClF2NO3. The van der Waals surface area contributed by atoms with E-state index in [0.717, 1.165) is 6.07 Å². The minimum absolute atomic E-state index is 0.00178. The van der Waals surface area contributed by atoms with Crippen molar-refractivity contribution in [1.82, 2.24) is 4.98 Å². The predicted molar refractivity (Wildman–Crippen MR) is 57.5 cm³/mol. The Morgan fingerprint density at radius 1 is 1.59 bits per heavy atom. The third-order valence-corrected chi connectivity index (χ3v) is 2.27. The van der Waals surface area contributed by atoms with Crippen LogP contribution in [-0.4, -0.2) is 17.6 Å². The number of pyridine rings is 1. The summed E-state index contributed by atoms with van der Waals surface area (Å²) in [6.07, 6.45) is -2.95. The quantitative estimate of drug-likeness (QED) is 0.671. The molecule has 0 bridgehead atoms. The number of aromatic nitrogens is 1. The van der Waals surface area contributed by atoms with Gasteiger partial charge in [0.1, 0.15) is 5.56 Å². The van der Waals surface area contributed by atoms with Crippen molar-refractivity contribution >= 4 is 17.6 Å². The fourth-order valence-corrected chi connectivity index (χ4v) is 1.44. The molecule has 0 saturated carbocycles. The highest BCUT2D eigenvalue weighted by Crippen LogP contribution is 2.22. The lowest BCUT2D eigenvalue weighted by atomic mass is 10.1. The Bertz CT molecular complexity index is 473. The lowest BCUT2D eigenvalue weighted by molar-refractivity contribution is 0.0513. The first kappa shape index (κ1) is 13.6. The summed E-state index contributed by atoms with van der Waals surface area (Å²) < 4.78 is 30.0. The van der Waals surface area contributed by atoms with Crippen molar-refractivity contribution in [3.8, 4) is 0 Å². The zero-order chi connectivity index (χ0) is 13.0. The Morgan fingerprint density at radius 2 is 2.24 bits per heavy atom. The molecule has 94 valence electrons. The van der Waals surface area contributed by atoms with Gasteiger partial charge in [0.15, 0.2) is 0 Å². The Labute approximate surface area is 101 Å². The molecule has 0 spiro atoms. The first-order valence-corrected chi connectivity index (χ1v) is 5.32. The summed E-state index contributed by atoms with van der Waals surface area (Å²) >= 11 is 5.44. The number of hydrogen-bond donors (Lipinski definition) is 1. The molecule has 0 aliphatic rings. The van der Waals surface area contributed by atoms with Gasteiger partial charge in [-0.3, -0.25) is 4.79 Å². The van der Waals surface area contributed by atoms with Gasteiger partial charge in [-0.05, 0) is 13.0 Å². The lowest BCUT2D eigenvalue weighted by Crippen LogP contribution is -2.23. The van der Waals surface area contributed by atoms with E-state index >= 15 is 0 Å². The maximum Gasteiger partial charge on any atom is 0.344 e. The van der Waals surface area contributed by atoms with Crippen molar-refractivity contribution in [1.29, 1.82) is 0 Å². The number of nitrogens with one attached hydrogen (secondary N) is 1. The van der Waals surface area contributed by atoms with Gasteiger partial charge in [0.05, 0.1) is 12.5 Å². The Balaban J connectivity index is 3.37. The number of aromatic amines is 1. The molecule has 0 unspecified atom stereocenters. The van der Waals surface area contributed by atoms with Crippen molar-refractivity contribution < 1.29 is 18.3 Å². The van der Waals surface area contributed by atoms with Crippen molar-refractivity contribution in [2.45, 2.75) is 19.2 Å². The molecule has 1 N–H and O–H groups in total. The van der Waals surface area contributed by atoms with E-state index in [1.807, 2.05) is 0 Å². The number of hydrogen-bond acceptors (Lipinski definition) is 3. The summed E-state index contributed by atoms with van der Waals surface area (Å²) in [4.78, 5) is 25.1. The van der Waals surface area contributed by atoms with E-state index < -0.39 is 29.1 Å². The first-order valence-electron chi connectivity index (χ1n) is 4.78. The average Bonchev–Trinajstić information content (AvgIpc) is 2.27. The van der Waals surface area contributed by atoms with Crippen molar-refractivity contribution in [2.24, 2.45) is 0 Å². The summed E-state index contributed by atoms with van der Waals surface area (Å²) in [7, 11) is 0. The zero-order valence-corrected chi connectivity index (χ0v) is 9.68. The second-order valence-electron chi connectivity index (χ2n) is 3.11. The molecule has 1 heterocycles. The van der Waals surface area contributed by atoms with Crippen molar-refractivity contribution in [2.75, 3.05) is 6.61 Å². The van der Waals surface area contributed by atoms with Gasteiger partial charge in [-0.2, -0.15) is 0 Å². The molecule has 4 nitrogen and oxygen atoms in total. The molecule has 0 atom stereocenters. The van der Waals surface area contributed by atoms with Crippen LogP contribution in [0.2, 0.25) is 0 Å². The van der Waals surface area contributed by atoms with E-state index in [-0.39, 0.29) is 18.2 Å². The largest absolute Gasteiger partial charge is 0.462 e. The minimum Gasteiger partial charge on any atom is -0.462 e. The monoisotopic (exact) mass is 265 g/mol. The molecule has 17 heavy (non-hydrogen) atoms. The van der Waals surface area contributed by atoms with E-state index in [9.17, 15) is 18.4 Å². The normalized spacial score (nSPS) is 10.6. The Kier molecular flexibility index (Phi) is 4.62. The fraction of sp³-hybridized carbons (Fsp3) is 0.400. The number of rotatable bonds is 4. The number of H-pyrrole nitrogens is 1. The van der Waals surface area contributed by atoms with E-state index in [0.29, 0.717) is 0 Å². The van der Waals surface area contributed by atoms with Crippen LogP contribution >= 0.6 is 11.6 Å². The summed E-state index contributed by atoms with van der Waals surface area (Å²) in [5.41, 5.74) is -2.13. The van der Waals surface area contributed by atoms with Crippen LogP contribution in [0.5, 0.6) is 0 Å². The minimum atomic E-state index is -2.95. The number of esters is 1. The fourth-order valence-electron chi connectivity index (χ4n) is 1.29. The van der Waals surface area contributed by atoms with Gasteiger partial charge in [-0.15, -0.1) is 11.6 Å². The SMILES string of the molecule is CCOC(=O)c1c(C(F)F)cc(CCl)[nH]c1=O. The zero-order valence-electron chi connectivity index (χ0n) is 8.93. The first-order chi connectivity index (χ1) is 8.01. The van der Waals surface area contributed by atoms with Gasteiger partial charge in [0, 0.05) is 11.3 Å². The number of alkyl halides is 3. The van der Waals surface area contributed by atoms with Crippen LogP contribution in [0.15, 0.2) is 10.9 Å². The molecule has 0 amide bonds. The summed E-state index contributed by atoms with van der Waals surface area (Å²) in [5, 5.41) is 0. The topological polar surface area (TPSA) is 59.2 Å². The average molecular weight is 266 g/mol. The Morgan fingerprint density at radius 3 is 2.71 bits per heavy atom. The van der Waals surface area contributed by atoms with Crippen LogP contribution in [0.25, 0.3) is 0 Å². The molecule has 0 saturated heterocycles. The van der Waals surface area contributed by atoms with Crippen LogP contribution in [0.3, 0.4) is 0 Å². The number of carbonyl (C=O) groups is 1. The highest BCUT2D eigenvalue weighted by Gasteiger charge is 2.23. The van der Waals surface area contributed by atoms with E-state index in [2.05, 4.69) is 9.72 Å². The summed E-state index contributed by atoms with van der Waals surface area (Å²) in [6.45, 7) is 1.51. The van der Waals surface area contributed by atoms with Crippen LogP contribution < -0.4 is 5.56 Å². The lowest BCUT2D eigenvalue weighted by Gasteiger charge is -2.08. The highest BCUT2D eigenvalue weighted by molar-refractivity contribution is 6.16. The molecule has 1 aromatic heterocycles. The second-order valence-corrected chi connectivity index (χ2v) is 3.38. The summed E-state index contributed by atoms with van der Waals surface area (Å²) in [6, 6.07) is 0.991. The molecule has 1 aromatic rings. The Hall–Kier alpha value is -1.43. The summed E-state index contributed by atoms with van der Waals surface area (Å²) in [5.74, 6) is -1.19. The van der Waals surface area contributed by atoms with E-state index in [1.165, 1.54) is 6.92 Å². The van der Waals surface area contributed by atoms with Crippen molar-refractivity contribution in [3.63, 3.8) is 0 Å². The molecular weight excluding hydrogens is 256 g/mol. The van der Waals surface area contributed by atoms with Crippen molar-refractivity contribution in [3.05, 3.63) is 33.2 Å². The van der Waals surface area contributed by atoms with Gasteiger partial charge < -0.3 is 9.72 Å². The van der Waals surface area contributed by atoms with Crippen LogP contribution in [0, 0.1) is 0 Å². The molecule has 0 radical (unpaired) electrons. The third kappa shape index (κ3) is 3.03. The van der Waals surface area contributed by atoms with Crippen LogP contribution in [-0.2, 0) is 10.6 Å². The maximum atomic E-state index is 12.7. The second kappa shape index (κ2) is 5.77. The van der Waals surface area contributed by atoms with Crippen LogP contribution in [0.1, 0.15) is 35.0 Å². The standard InChI is InChI=1S/C10H10ClF2NO3/c1-2-17-10(16)7-6(8(12)13)3-5(4-11)14-9(7)15/h3,8H,2,4H2,1H3,(H,14,15). The highest BCUT2D eigenvalue weighted by atomic mass is 35.5. The molecule has 0 aliphatic carbocycles. The maximum absolute atomic E-state index is 12.7. The van der Waals surface area contributed by atoms with Gasteiger partial charge in [0.2, 0.25) is 0 Å². The van der Waals surface area contributed by atoms with Gasteiger partial charge >= 0.3 is 5.97 Å². The van der Waals surface area contributed by atoms with Crippen LogP contribution in [0.4, 0.5) is 8.78 Å². The number of ether oxygens (including phenoxy) is 1. The van der Waals surface area contributed by atoms with E-state index in [1.54, 1.807) is 0 Å². The van der Waals surface area contributed by atoms with E-state index in [4.69, 9.17) is 11.6 Å². The van der Waals surface area contributed by atoms with Gasteiger partial charge in [0.25, 0.3) is 12.0 Å². The predicted octanol–water partition coefficient (Wildman–Crippen LogP) is 2.23. The number of carbonyl (C=O) groups excluding carboxylic acids is 1. The molecule has 1 rings (SSSR count). The molecule has 0 aliphatic heterocycles. The smallest absolute Gasteiger partial charge is 0.344 e. The molecule has 0 fully saturated rings. The molecule has 7 heteroatoms. The van der Waals surface area contributed by atoms with Gasteiger partial charge in [-0.25, -0.2) is 13.6 Å². The van der Waals surface area contributed by atoms with Gasteiger partial charge in [-0.1, -0.05) is 0 Å².